The molecule has 0 amide bonds. The fourth-order valence-corrected chi connectivity index (χ4v) is 1.87. The number of nitrogen functional groups attached to an aromatic ring is 1. The van der Waals surface area contributed by atoms with Crippen molar-refractivity contribution in [3.63, 3.8) is 0 Å². The molecule has 0 aromatic heterocycles. The highest BCUT2D eigenvalue weighted by molar-refractivity contribution is 5.48. The first-order chi connectivity index (χ1) is 7.18. The molecular weight excluding hydrogens is 197 g/mol. The second kappa shape index (κ2) is 4.16. The van der Waals surface area contributed by atoms with Crippen LogP contribution in [0.15, 0.2) is 18.2 Å². The van der Waals surface area contributed by atoms with Crippen molar-refractivity contribution in [2.24, 2.45) is 0 Å². The quantitative estimate of drug-likeness (QED) is 0.731. The smallest absolute Gasteiger partial charge is 0.125 e. The topological polar surface area (TPSA) is 55.5 Å². The van der Waals surface area contributed by atoms with Gasteiger partial charge in [0.1, 0.15) is 11.9 Å². The van der Waals surface area contributed by atoms with E-state index in [4.69, 9.17) is 10.5 Å². The van der Waals surface area contributed by atoms with Gasteiger partial charge in [0.2, 0.25) is 0 Å². The summed E-state index contributed by atoms with van der Waals surface area (Å²) in [7, 11) is 0. The zero-order valence-corrected chi connectivity index (χ0v) is 8.32. The predicted molar refractivity (Wildman–Crippen MR) is 54.7 cm³/mol. The largest absolute Gasteiger partial charge is 0.398 e. The van der Waals surface area contributed by atoms with Crippen molar-refractivity contribution in [2.75, 3.05) is 12.3 Å². The number of hydrogen-bond donors (Lipinski definition) is 2. The molecule has 15 heavy (non-hydrogen) atoms. The van der Waals surface area contributed by atoms with E-state index in [9.17, 15) is 9.50 Å². The van der Waals surface area contributed by atoms with Gasteiger partial charge in [-0.3, -0.25) is 0 Å². The maximum atomic E-state index is 12.8. The zero-order chi connectivity index (χ0) is 10.8. The Hall–Kier alpha value is -1.13. The minimum atomic E-state index is -0.756. The van der Waals surface area contributed by atoms with Gasteiger partial charge in [0.15, 0.2) is 0 Å². The SMILES string of the molecule is Nc1cc(F)ccc1C(O)C1CCCO1. The molecule has 1 aromatic carbocycles. The Morgan fingerprint density at radius 1 is 1.53 bits per heavy atom. The summed E-state index contributed by atoms with van der Waals surface area (Å²) >= 11 is 0. The molecule has 82 valence electrons. The minimum Gasteiger partial charge on any atom is -0.398 e. The molecule has 2 unspecified atom stereocenters. The van der Waals surface area contributed by atoms with Crippen LogP contribution in [-0.4, -0.2) is 17.8 Å². The highest BCUT2D eigenvalue weighted by Crippen LogP contribution is 2.30. The molecular formula is C11H14FNO2. The number of aliphatic hydroxyl groups is 1. The van der Waals surface area contributed by atoms with Gasteiger partial charge in [0, 0.05) is 17.9 Å². The van der Waals surface area contributed by atoms with Gasteiger partial charge < -0.3 is 15.6 Å². The lowest BCUT2D eigenvalue weighted by Gasteiger charge is -2.19. The molecule has 0 aliphatic carbocycles. The van der Waals surface area contributed by atoms with Crippen LogP contribution in [0.5, 0.6) is 0 Å². The van der Waals surface area contributed by atoms with Crippen molar-refractivity contribution in [3.8, 4) is 0 Å². The molecule has 3 N–H and O–H groups in total. The summed E-state index contributed by atoms with van der Waals surface area (Å²) in [5, 5.41) is 9.96. The van der Waals surface area contributed by atoms with E-state index in [1.807, 2.05) is 0 Å². The summed E-state index contributed by atoms with van der Waals surface area (Å²) in [6.07, 6.45) is 0.798. The third kappa shape index (κ3) is 2.11. The lowest BCUT2D eigenvalue weighted by atomic mass is 10.0. The second-order valence-electron chi connectivity index (χ2n) is 3.77. The monoisotopic (exact) mass is 211 g/mol. The van der Waals surface area contributed by atoms with E-state index in [0.717, 1.165) is 12.8 Å². The van der Waals surface area contributed by atoms with E-state index in [1.165, 1.54) is 18.2 Å². The van der Waals surface area contributed by atoms with Gasteiger partial charge in [-0.15, -0.1) is 0 Å². The summed E-state index contributed by atoms with van der Waals surface area (Å²) in [6.45, 7) is 0.669. The Kier molecular flexibility index (Phi) is 2.88. The highest BCUT2D eigenvalue weighted by Gasteiger charge is 2.26. The van der Waals surface area contributed by atoms with Crippen LogP contribution in [0.2, 0.25) is 0 Å². The van der Waals surface area contributed by atoms with E-state index in [1.54, 1.807) is 0 Å². The lowest BCUT2D eigenvalue weighted by molar-refractivity contribution is -0.00224. The number of rotatable bonds is 2. The number of aliphatic hydroxyl groups excluding tert-OH is 1. The Morgan fingerprint density at radius 2 is 2.33 bits per heavy atom. The molecule has 3 nitrogen and oxygen atoms in total. The Balaban J connectivity index is 2.20. The average molecular weight is 211 g/mol. The van der Waals surface area contributed by atoms with Crippen LogP contribution in [0.3, 0.4) is 0 Å². The minimum absolute atomic E-state index is 0.210. The summed E-state index contributed by atoms with van der Waals surface area (Å²) in [5.74, 6) is -0.393. The molecule has 0 spiro atoms. The van der Waals surface area contributed by atoms with Crippen LogP contribution in [-0.2, 0) is 4.74 Å². The van der Waals surface area contributed by atoms with E-state index >= 15 is 0 Å². The number of halogens is 1. The fraction of sp³-hybridized carbons (Fsp3) is 0.455. The summed E-state index contributed by atoms with van der Waals surface area (Å²) in [4.78, 5) is 0. The van der Waals surface area contributed by atoms with Crippen molar-refractivity contribution < 1.29 is 14.2 Å². The van der Waals surface area contributed by atoms with Crippen LogP contribution >= 0.6 is 0 Å². The van der Waals surface area contributed by atoms with Crippen molar-refractivity contribution >= 4 is 5.69 Å². The van der Waals surface area contributed by atoms with Crippen LogP contribution in [0.1, 0.15) is 24.5 Å². The van der Waals surface area contributed by atoms with Crippen molar-refractivity contribution in [3.05, 3.63) is 29.6 Å². The predicted octanol–water partition coefficient (Wildman–Crippen LogP) is 1.62. The van der Waals surface area contributed by atoms with E-state index in [2.05, 4.69) is 0 Å². The Labute approximate surface area is 87.7 Å². The molecule has 1 aromatic rings. The number of benzene rings is 1. The van der Waals surface area contributed by atoms with E-state index < -0.39 is 11.9 Å². The maximum Gasteiger partial charge on any atom is 0.125 e. The van der Waals surface area contributed by atoms with Crippen LogP contribution in [0.4, 0.5) is 10.1 Å². The standard InChI is InChI=1S/C11H14FNO2/c12-7-3-4-8(9(13)6-7)11(14)10-2-1-5-15-10/h3-4,6,10-11,14H,1-2,5,13H2. The molecule has 1 aliphatic heterocycles. The molecule has 1 saturated heterocycles. The van der Waals surface area contributed by atoms with Crippen molar-refractivity contribution in [1.82, 2.24) is 0 Å². The first kappa shape index (κ1) is 10.4. The average Bonchev–Trinajstić information content (AvgIpc) is 2.69. The van der Waals surface area contributed by atoms with Gasteiger partial charge in [-0.25, -0.2) is 4.39 Å². The van der Waals surface area contributed by atoms with E-state index in [-0.39, 0.29) is 11.8 Å². The molecule has 2 rings (SSSR count). The van der Waals surface area contributed by atoms with Gasteiger partial charge in [0.25, 0.3) is 0 Å². The maximum absolute atomic E-state index is 12.8. The van der Waals surface area contributed by atoms with Gasteiger partial charge in [-0.1, -0.05) is 6.07 Å². The van der Waals surface area contributed by atoms with Gasteiger partial charge >= 0.3 is 0 Å². The number of hydrogen-bond acceptors (Lipinski definition) is 3. The van der Waals surface area contributed by atoms with Gasteiger partial charge in [0.05, 0.1) is 6.10 Å². The normalized spacial score (nSPS) is 22.9. The van der Waals surface area contributed by atoms with Crippen LogP contribution in [0, 0.1) is 5.82 Å². The third-order valence-corrected chi connectivity index (χ3v) is 2.68. The molecule has 0 radical (unpaired) electrons. The zero-order valence-electron chi connectivity index (χ0n) is 8.32. The van der Waals surface area contributed by atoms with E-state index in [0.29, 0.717) is 12.2 Å². The molecule has 0 saturated carbocycles. The number of anilines is 1. The third-order valence-electron chi connectivity index (χ3n) is 2.68. The first-order valence-electron chi connectivity index (χ1n) is 5.03. The summed E-state index contributed by atoms with van der Waals surface area (Å²) in [5.41, 5.74) is 6.46. The molecule has 1 fully saturated rings. The fourth-order valence-electron chi connectivity index (χ4n) is 1.87. The van der Waals surface area contributed by atoms with Crippen LogP contribution in [0.25, 0.3) is 0 Å². The molecule has 1 aliphatic rings. The molecule has 4 heteroatoms. The number of nitrogens with two attached hydrogens (primary N) is 1. The first-order valence-corrected chi connectivity index (χ1v) is 5.03. The molecule has 2 atom stereocenters. The second-order valence-corrected chi connectivity index (χ2v) is 3.77. The number of ether oxygens (including phenoxy) is 1. The van der Waals surface area contributed by atoms with Crippen molar-refractivity contribution in [2.45, 2.75) is 25.0 Å². The Morgan fingerprint density at radius 3 is 2.93 bits per heavy atom. The van der Waals surface area contributed by atoms with Gasteiger partial charge in [-0.2, -0.15) is 0 Å². The summed E-state index contributed by atoms with van der Waals surface area (Å²) < 4.78 is 18.2. The van der Waals surface area contributed by atoms with Crippen LogP contribution < -0.4 is 5.73 Å². The van der Waals surface area contributed by atoms with Gasteiger partial charge in [-0.05, 0) is 25.0 Å². The van der Waals surface area contributed by atoms with Crippen molar-refractivity contribution in [1.29, 1.82) is 0 Å². The Bertz CT molecular complexity index is 350. The highest BCUT2D eigenvalue weighted by atomic mass is 19.1. The molecule has 1 heterocycles. The molecule has 0 bridgehead atoms. The lowest BCUT2D eigenvalue weighted by Crippen LogP contribution is -2.18. The summed E-state index contributed by atoms with van der Waals surface area (Å²) in [6, 6.07) is 4.02.